The molecular weight excluding hydrogens is 827 g/mol. The molecule has 63 heavy (non-hydrogen) atoms. The van der Waals surface area contributed by atoms with Crippen molar-refractivity contribution < 1.29 is 64.5 Å². The van der Waals surface area contributed by atoms with Gasteiger partial charge in [0.05, 0.1) is 21.2 Å². The van der Waals surface area contributed by atoms with Crippen molar-refractivity contribution in [2.24, 2.45) is 0 Å². The van der Waals surface area contributed by atoms with E-state index >= 15 is 0 Å². The van der Waals surface area contributed by atoms with Crippen LogP contribution in [0.4, 0.5) is 0 Å². The van der Waals surface area contributed by atoms with Gasteiger partial charge in [0.25, 0.3) is 0 Å². The van der Waals surface area contributed by atoms with E-state index in [0.29, 0.717) is 12.8 Å². The van der Waals surface area contributed by atoms with Crippen LogP contribution in [0.5, 0.6) is 0 Å². The summed E-state index contributed by atoms with van der Waals surface area (Å²) in [7, 11) is -5.17. The first kappa shape index (κ1) is 59.3. The molecule has 0 saturated carbocycles. The van der Waals surface area contributed by atoms with Crippen LogP contribution in [0.2, 0.25) is 0 Å². The Kier molecular flexibility index (Phi) is 41.6. The Balaban J connectivity index is 4.77. The first-order valence-electron chi connectivity index (χ1n) is 25.5. The minimum atomic E-state index is -5.17. The minimum absolute atomic E-state index is 0.00478. The SMILES string of the molecule is [2H]C(OC(=O)CCCCCCCCCCCCCCCCC)[C@H](COP(=O)(O)O[C@H](CO)[C@@H](O)[C@H](O)[C@H](O)CO)OC(=O)CCCCCCCC/C=C\CCCC/C=C\CCCCC. The Morgan fingerprint density at radius 1 is 0.556 bits per heavy atom. The van der Waals surface area contributed by atoms with Crippen molar-refractivity contribution in [3.8, 4) is 0 Å². The summed E-state index contributed by atoms with van der Waals surface area (Å²) in [6.45, 7) is -0.293. The third kappa shape index (κ3) is 39.2. The highest BCUT2D eigenvalue weighted by atomic mass is 31.2. The number of hydrogen-bond donors (Lipinski definition) is 6. The highest BCUT2D eigenvalue weighted by Gasteiger charge is 2.37. The molecule has 0 aromatic rings. The predicted molar refractivity (Wildman–Crippen MR) is 251 cm³/mol. The van der Waals surface area contributed by atoms with Crippen LogP contribution < -0.4 is 0 Å². The number of aliphatic hydroxyl groups is 5. The van der Waals surface area contributed by atoms with Gasteiger partial charge in [-0.2, -0.15) is 0 Å². The Labute approximate surface area is 383 Å². The highest BCUT2D eigenvalue weighted by Crippen LogP contribution is 2.45. The molecule has 6 N–H and O–H groups in total. The number of phosphoric ester groups is 1. The fraction of sp³-hybridized carbons (Fsp3) is 0.878. The van der Waals surface area contributed by atoms with Crippen LogP contribution in [-0.4, -0.2) is 99.3 Å². The molecule has 0 heterocycles. The minimum Gasteiger partial charge on any atom is -0.462 e. The first-order chi connectivity index (χ1) is 30.9. The summed E-state index contributed by atoms with van der Waals surface area (Å²) in [5.41, 5.74) is 0. The van der Waals surface area contributed by atoms with Crippen LogP contribution in [0.1, 0.15) is 221 Å². The van der Waals surface area contributed by atoms with Gasteiger partial charge < -0.3 is 39.9 Å². The van der Waals surface area contributed by atoms with Crippen LogP contribution in [-0.2, 0) is 32.7 Å². The molecule has 0 aliphatic carbocycles. The summed E-state index contributed by atoms with van der Waals surface area (Å²) < 4.78 is 41.7. The van der Waals surface area contributed by atoms with E-state index in [1.807, 2.05) is 0 Å². The van der Waals surface area contributed by atoms with E-state index in [4.69, 9.17) is 25.0 Å². The third-order valence-corrected chi connectivity index (χ3v) is 12.1. The number of aliphatic hydroxyl groups excluding tert-OH is 5. The number of esters is 2. The number of carbonyl (C=O) groups is 2. The molecular formula is C49H93O13P. The van der Waals surface area contributed by atoms with Gasteiger partial charge in [-0.15, -0.1) is 0 Å². The fourth-order valence-corrected chi connectivity index (χ4v) is 7.98. The molecule has 14 heteroatoms. The highest BCUT2D eigenvalue weighted by molar-refractivity contribution is 7.47. The number of carbonyl (C=O) groups excluding carboxylic acids is 2. The summed E-state index contributed by atoms with van der Waals surface area (Å²) in [5.74, 6) is -1.40. The lowest BCUT2D eigenvalue weighted by Gasteiger charge is -2.28. The summed E-state index contributed by atoms with van der Waals surface area (Å²) in [5, 5.41) is 48.5. The van der Waals surface area contributed by atoms with Crippen molar-refractivity contribution in [3.63, 3.8) is 0 Å². The molecule has 0 radical (unpaired) electrons. The Bertz CT molecular complexity index is 1190. The number of allylic oxidation sites excluding steroid dienone is 4. The van der Waals surface area contributed by atoms with E-state index in [1.54, 1.807) is 0 Å². The number of ether oxygens (including phenoxy) is 2. The van der Waals surface area contributed by atoms with Gasteiger partial charge >= 0.3 is 19.8 Å². The quantitative estimate of drug-likeness (QED) is 0.0145. The van der Waals surface area contributed by atoms with Crippen molar-refractivity contribution in [3.05, 3.63) is 24.3 Å². The van der Waals surface area contributed by atoms with Crippen molar-refractivity contribution >= 4 is 19.8 Å². The van der Waals surface area contributed by atoms with Crippen LogP contribution in [0.15, 0.2) is 24.3 Å². The average Bonchev–Trinajstić information content (AvgIpc) is 3.28. The first-order valence-corrected chi connectivity index (χ1v) is 26.4. The Morgan fingerprint density at radius 3 is 1.38 bits per heavy atom. The molecule has 0 aliphatic heterocycles. The van der Waals surface area contributed by atoms with Crippen LogP contribution in [0.25, 0.3) is 0 Å². The molecule has 13 nitrogen and oxygen atoms in total. The largest absolute Gasteiger partial charge is 0.472 e. The van der Waals surface area contributed by atoms with Crippen molar-refractivity contribution in [2.45, 2.75) is 250 Å². The maximum absolute atomic E-state index is 12.8. The van der Waals surface area contributed by atoms with Crippen molar-refractivity contribution in [1.82, 2.24) is 0 Å². The number of rotatable bonds is 47. The predicted octanol–water partition coefficient (Wildman–Crippen LogP) is 10.6. The van der Waals surface area contributed by atoms with Gasteiger partial charge in [0, 0.05) is 12.8 Å². The van der Waals surface area contributed by atoms with E-state index in [-0.39, 0.29) is 12.8 Å². The summed E-state index contributed by atoms with van der Waals surface area (Å²) in [6.07, 6.45) is 33.5. The van der Waals surface area contributed by atoms with Gasteiger partial charge in [-0.1, -0.05) is 167 Å². The summed E-state index contributed by atoms with van der Waals surface area (Å²) >= 11 is 0. The third-order valence-electron chi connectivity index (χ3n) is 11.1. The molecule has 0 fully saturated rings. The molecule has 0 rings (SSSR count). The van der Waals surface area contributed by atoms with E-state index in [0.717, 1.165) is 77.0 Å². The monoisotopic (exact) mass is 922 g/mol. The Hall–Kier alpha value is -1.67. The van der Waals surface area contributed by atoms with Crippen LogP contribution >= 0.6 is 7.82 Å². The number of unbranched alkanes of at least 4 members (excludes halogenated alkanes) is 26. The molecule has 372 valence electrons. The molecule has 0 aliphatic rings. The lowest BCUT2D eigenvalue weighted by molar-refractivity contribution is -0.161. The van der Waals surface area contributed by atoms with Gasteiger partial charge in [-0.05, 0) is 64.2 Å². The molecule has 0 bridgehead atoms. The molecule has 0 amide bonds. The van der Waals surface area contributed by atoms with Gasteiger partial charge in [-0.25, -0.2) is 4.57 Å². The van der Waals surface area contributed by atoms with E-state index < -0.39 is 76.7 Å². The van der Waals surface area contributed by atoms with Crippen molar-refractivity contribution in [1.29, 1.82) is 0 Å². The van der Waals surface area contributed by atoms with Gasteiger partial charge in [0.1, 0.15) is 31.0 Å². The summed E-state index contributed by atoms with van der Waals surface area (Å²) in [4.78, 5) is 35.9. The second kappa shape index (κ2) is 44.2. The molecule has 2 unspecified atom stereocenters. The Morgan fingerprint density at radius 2 is 0.937 bits per heavy atom. The second-order valence-corrected chi connectivity index (χ2v) is 18.5. The van der Waals surface area contributed by atoms with Gasteiger partial charge in [0.2, 0.25) is 0 Å². The van der Waals surface area contributed by atoms with E-state index in [9.17, 15) is 39.5 Å². The number of phosphoric acid groups is 1. The van der Waals surface area contributed by atoms with Gasteiger partial charge in [-0.3, -0.25) is 18.6 Å². The van der Waals surface area contributed by atoms with E-state index in [1.165, 1.54) is 103 Å². The normalized spacial score (nSPS) is 16.1. The standard InChI is InChI=1S/C49H93O13P/c1-3-5-7-9-11-13-15-17-19-20-21-22-24-26-28-30-32-34-36-38-47(54)61-43(42-60-63(57,58)62-45(40-51)49(56)48(55)44(52)39-50)41-59-46(53)37-35-33-31-29-27-25-23-18-16-14-12-10-8-6-4-2/h11,13,21-22,43-45,48-52,55-56H,3-10,12,14-20,23-42H2,1-2H3,(H,57,58)/b13-11-,22-21-/t43-,44-,45-,48-,49-/m1/s1/i41D/t41?,43-,44-,45-,48-,49-. The topological polar surface area (TPSA) is 210 Å². The fourth-order valence-electron chi connectivity index (χ4n) is 7.06. The van der Waals surface area contributed by atoms with Crippen LogP contribution in [0, 0.1) is 0 Å². The zero-order valence-electron chi connectivity index (χ0n) is 40.5. The molecule has 0 saturated heterocycles. The maximum atomic E-state index is 12.8. The molecule has 0 aromatic heterocycles. The molecule has 0 aromatic carbocycles. The zero-order chi connectivity index (χ0) is 47.5. The van der Waals surface area contributed by atoms with Crippen LogP contribution in [0.3, 0.4) is 0 Å². The smallest absolute Gasteiger partial charge is 0.462 e. The lowest BCUT2D eigenvalue weighted by atomic mass is 10.0. The number of hydrogen-bond acceptors (Lipinski definition) is 12. The van der Waals surface area contributed by atoms with E-state index in [2.05, 4.69) is 38.2 Å². The summed E-state index contributed by atoms with van der Waals surface area (Å²) in [6, 6.07) is 0. The van der Waals surface area contributed by atoms with Gasteiger partial charge in [0.15, 0.2) is 6.10 Å². The average molecular weight is 922 g/mol. The zero-order valence-corrected chi connectivity index (χ0v) is 40.4. The second-order valence-electron chi connectivity index (χ2n) is 17.1. The van der Waals surface area contributed by atoms with Crippen molar-refractivity contribution in [2.75, 3.05) is 26.4 Å². The molecule has 0 spiro atoms. The molecule has 7 atom stereocenters. The lowest BCUT2D eigenvalue weighted by Crippen LogP contribution is -2.47. The maximum Gasteiger partial charge on any atom is 0.472 e.